The lowest BCUT2D eigenvalue weighted by Gasteiger charge is -2.12. The van der Waals surface area contributed by atoms with Gasteiger partial charge in [0.15, 0.2) is 0 Å². The number of aliphatic hydroxyl groups excluding tert-OH is 1. The Morgan fingerprint density at radius 2 is 2.50 bits per heavy atom. The number of hydrogen-bond donors (Lipinski definition) is 2. The third-order valence-electron chi connectivity index (χ3n) is 2.34. The van der Waals surface area contributed by atoms with Gasteiger partial charge in [0.25, 0.3) is 0 Å². The summed E-state index contributed by atoms with van der Waals surface area (Å²) >= 11 is 0. The van der Waals surface area contributed by atoms with Crippen molar-refractivity contribution >= 4 is 0 Å². The van der Waals surface area contributed by atoms with Crippen LogP contribution in [0.4, 0.5) is 0 Å². The highest BCUT2D eigenvalue weighted by Crippen LogP contribution is 1.99. The maximum Gasteiger partial charge on any atom is 0.0964 e. The van der Waals surface area contributed by atoms with E-state index in [0.29, 0.717) is 19.1 Å². The summed E-state index contributed by atoms with van der Waals surface area (Å²) < 4.78 is 1.62. The highest BCUT2D eigenvalue weighted by Gasteiger charge is 2.05. The second kappa shape index (κ2) is 6.99. The molecule has 1 aromatic rings. The Morgan fingerprint density at radius 1 is 1.69 bits per heavy atom. The predicted octanol–water partition coefficient (Wildman–Crippen LogP) is 0.162. The number of rotatable bonds is 7. The van der Waals surface area contributed by atoms with Crippen LogP contribution < -0.4 is 5.32 Å². The van der Waals surface area contributed by atoms with Crippen molar-refractivity contribution in [3.63, 3.8) is 0 Å². The lowest BCUT2D eigenvalue weighted by molar-refractivity contribution is 0.268. The lowest BCUT2D eigenvalue weighted by atomic mass is 10.1. The van der Waals surface area contributed by atoms with Crippen LogP contribution in [-0.4, -0.2) is 32.7 Å². The zero-order valence-corrected chi connectivity index (χ0v) is 9.56. The van der Waals surface area contributed by atoms with Crippen LogP contribution in [0.3, 0.4) is 0 Å². The molecule has 1 rings (SSSR count). The van der Waals surface area contributed by atoms with Crippen molar-refractivity contribution in [2.45, 2.75) is 38.9 Å². The molecular formula is C11H18N4O. The summed E-state index contributed by atoms with van der Waals surface area (Å²) in [7, 11) is 0. The van der Waals surface area contributed by atoms with Gasteiger partial charge in [0.05, 0.1) is 18.8 Å². The van der Waals surface area contributed by atoms with Gasteiger partial charge >= 0.3 is 0 Å². The first kappa shape index (κ1) is 12.7. The van der Waals surface area contributed by atoms with Crippen molar-refractivity contribution in [3.8, 4) is 12.3 Å². The molecule has 0 saturated carbocycles. The minimum absolute atomic E-state index is 0.0743. The second-order valence-electron chi connectivity index (χ2n) is 3.59. The maximum atomic E-state index is 8.73. The number of hydrogen-bond acceptors (Lipinski definition) is 4. The van der Waals surface area contributed by atoms with Crippen molar-refractivity contribution < 1.29 is 5.11 Å². The van der Waals surface area contributed by atoms with Crippen molar-refractivity contribution in [3.05, 3.63) is 11.9 Å². The summed E-state index contributed by atoms with van der Waals surface area (Å²) in [4.78, 5) is 0. The van der Waals surface area contributed by atoms with Crippen LogP contribution in [-0.2, 0) is 13.1 Å². The summed E-state index contributed by atoms with van der Waals surface area (Å²) in [5.74, 6) is 2.64. The monoisotopic (exact) mass is 222 g/mol. The molecule has 1 unspecified atom stereocenters. The normalized spacial score (nSPS) is 12.3. The second-order valence-corrected chi connectivity index (χ2v) is 3.59. The summed E-state index contributed by atoms with van der Waals surface area (Å²) in [6.07, 6.45) is 8.81. The number of nitrogens with zero attached hydrogens (tertiary/aromatic N) is 3. The molecule has 0 radical (unpaired) electrons. The van der Waals surface area contributed by atoms with Crippen LogP contribution in [0.2, 0.25) is 0 Å². The first-order valence-electron chi connectivity index (χ1n) is 5.46. The van der Waals surface area contributed by atoms with E-state index < -0.39 is 0 Å². The highest BCUT2D eigenvalue weighted by atomic mass is 16.3. The maximum absolute atomic E-state index is 8.73. The van der Waals surface area contributed by atoms with Gasteiger partial charge in [-0.05, 0) is 6.42 Å². The fourth-order valence-corrected chi connectivity index (χ4v) is 1.38. The van der Waals surface area contributed by atoms with Crippen molar-refractivity contribution in [1.29, 1.82) is 0 Å². The van der Waals surface area contributed by atoms with Crippen LogP contribution in [0.15, 0.2) is 6.20 Å². The third-order valence-corrected chi connectivity index (χ3v) is 2.34. The molecule has 0 amide bonds. The zero-order valence-electron chi connectivity index (χ0n) is 9.56. The van der Waals surface area contributed by atoms with E-state index >= 15 is 0 Å². The fourth-order valence-electron chi connectivity index (χ4n) is 1.38. The van der Waals surface area contributed by atoms with E-state index in [4.69, 9.17) is 11.5 Å². The number of aliphatic hydroxyl groups is 1. The molecule has 0 saturated heterocycles. The van der Waals surface area contributed by atoms with E-state index in [1.165, 1.54) is 0 Å². The van der Waals surface area contributed by atoms with Gasteiger partial charge in [-0.2, -0.15) is 0 Å². The topological polar surface area (TPSA) is 63.0 Å². The van der Waals surface area contributed by atoms with Gasteiger partial charge in [-0.25, -0.2) is 4.68 Å². The SMILES string of the molecule is C#CCC(CC)NCc1cn(CCO)nn1. The van der Waals surface area contributed by atoms with Crippen LogP contribution in [0.1, 0.15) is 25.5 Å². The Balaban J connectivity index is 2.38. The van der Waals surface area contributed by atoms with E-state index in [1.807, 2.05) is 6.20 Å². The van der Waals surface area contributed by atoms with E-state index in [-0.39, 0.29) is 6.61 Å². The zero-order chi connectivity index (χ0) is 11.8. The number of aromatic nitrogens is 3. The van der Waals surface area contributed by atoms with Crippen LogP contribution in [0, 0.1) is 12.3 Å². The summed E-state index contributed by atoms with van der Waals surface area (Å²) in [5, 5.41) is 19.9. The smallest absolute Gasteiger partial charge is 0.0964 e. The first-order valence-corrected chi connectivity index (χ1v) is 5.46. The molecule has 0 fully saturated rings. The molecule has 0 bridgehead atoms. The van der Waals surface area contributed by atoms with Crippen molar-refractivity contribution in [2.24, 2.45) is 0 Å². The molecule has 0 aliphatic rings. The Morgan fingerprint density at radius 3 is 3.12 bits per heavy atom. The van der Waals surface area contributed by atoms with Crippen molar-refractivity contribution in [2.75, 3.05) is 6.61 Å². The standard InChI is InChI=1S/C11H18N4O/c1-3-5-10(4-2)12-8-11-9-15(6-7-16)14-13-11/h1,9-10,12,16H,4-8H2,2H3. The molecule has 1 aromatic heterocycles. The molecule has 88 valence electrons. The average Bonchev–Trinajstić information content (AvgIpc) is 2.72. The van der Waals surface area contributed by atoms with E-state index in [0.717, 1.165) is 18.5 Å². The van der Waals surface area contributed by atoms with Gasteiger partial charge in [0.1, 0.15) is 0 Å². The number of terminal acetylenes is 1. The average molecular weight is 222 g/mol. The summed E-state index contributed by atoms with van der Waals surface area (Å²) in [6, 6.07) is 0.327. The first-order chi connectivity index (χ1) is 7.80. The largest absolute Gasteiger partial charge is 0.394 e. The minimum Gasteiger partial charge on any atom is -0.394 e. The van der Waals surface area contributed by atoms with Gasteiger partial charge in [-0.3, -0.25) is 0 Å². The van der Waals surface area contributed by atoms with Crippen LogP contribution >= 0.6 is 0 Å². The Bertz CT molecular complexity index is 342. The molecular weight excluding hydrogens is 204 g/mol. The van der Waals surface area contributed by atoms with Gasteiger partial charge < -0.3 is 10.4 Å². The Labute approximate surface area is 95.9 Å². The molecule has 1 heterocycles. The number of nitrogens with one attached hydrogen (secondary N) is 1. The van der Waals surface area contributed by atoms with Crippen LogP contribution in [0.5, 0.6) is 0 Å². The predicted molar refractivity (Wildman–Crippen MR) is 61.5 cm³/mol. The molecule has 1 atom stereocenters. The minimum atomic E-state index is 0.0743. The Hall–Kier alpha value is -1.38. The quantitative estimate of drug-likeness (QED) is 0.645. The van der Waals surface area contributed by atoms with Gasteiger partial charge in [0, 0.05) is 25.2 Å². The molecule has 5 nitrogen and oxygen atoms in total. The lowest BCUT2D eigenvalue weighted by Crippen LogP contribution is -2.27. The molecule has 2 N–H and O–H groups in total. The summed E-state index contributed by atoms with van der Waals surface area (Å²) in [6.45, 7) is 3.31. The Kier molecular flexibility index (Phi) is 5.54. The van der Waals surface area contributed by atoms with Gasteiger partial charge in [-0.1, -0.05) is 12.1 Å². The molecule has 0 aliphatic heterocycles. The van der Waals surface area contributed by atoms with Crippen molar-refractivity contribution in [1.82, 2.24) is 20.3 Å². The van der Waals surface area contributed by atoms with E-state index in [9.17, 15) is 0 Å². The van der Waals surface area contributed by atoms with E-state index in [2.05, 4.69) is 28.5 Å². The van der Waals surface area contributed by atoms with Gasteiger partial charge in [0.2, 0.25) is 0 Å². The molecule has 0 aromatic carbocycles. The van der Waals surface area contributed by atoms with Gasteiger partial charge in [-0.15, -0.1) is 17.4 Å². The summed E-state index contributed by atoms with van der Waals surface area (Å²) in [5.41, 5.74) is 0.865. The molecule has 0 aliphatic carbocycles. The van der Waals surface area contributed by atoms with E-state index in [1.54, 1.807) is 4.68 Å². The highest BCUT2D eigenvalue weighted by molar-refractivity contribution is 4.94. The third kappa shape index (κ3) is 4.01. The molecule has 0 spiro atoms. The molecule has 16 heavy (non-hydrogen) atoms. The van der Waals surface area contributed by atoms with Crippen LogP contribution in [0.25, 0.3) is 0 Å². The molecule has 5 heteroatoms. The fraction of sp³-hybridized carbons (Fsp3) is 0.636.